The standard InChI is InChI=1S/C11H21NO/c1-4-9-5-6-11(2,3)7-10(9)12-8-13/h8-10H,4-7H2,1-3H3,(H,12,13). The van der Waals surface area contributed by atoms with Gasteiger partial charge in [-0.25, -0.2) is 0 Å². The molecule has 13 heavy (non-hydrogen) atoms. The molecule has 0 spiro atoms. The predicted molar refractivity (Wildman–Crippen MR) is 54.4 cm³/mol. The number of carbonyl (C=O) groups is 1. The van der Waals surface area contributed by atoms with Crippen LogP contribution in [0.1, 0.15) is 46.5 Å². The molecule has 2 unspecified atom stereocenters. The minimum absolute atomic E-state index is 0.409. The summed E-state index contributed by atoms with van der Waals surface area (Å²) in [5.74, 6) is 0.693. The minimum Gasteiger partial charge on any atom is -0.356 e. The van der Waals surface area contributed by atoms with Gasteiger partial charge in [-0.15, -0.1) is 0 Å². The molecule has 0 aliphatic heterocycles. The lowest BCUT2D eigenvalue weighted by atomic mass is 9.69. The summed E-state index contributed by atoms with van der Waals surface area (Å²) < 4.78 is 0. The van der Waals surface area contributed by atoms with E-state index < -0.39 is 0 Å². The van der Waals surface area contributed by atoms with Crippen molar-refractivity contribution in [3.8, 4) is 0 Å². The molecule has 1 rings (SSSR count). The van der Waals surface area contributed by atoms with Gasteiger partial charge in [-0.1, -0.05) is 27.2 Å². The zero-order valence-electron chi connectivity index (χ0n) is 8.97. The number of carbonyl (C=O) groups excluding carboxylic acids is 1. The fourth-order valence-corrected chi connectivity index (χ4v) is 2.41. The molecule has 1 fully saturated rings. The van der Waals surface area contributed by atoms with E-state index in [1.807, 2.05) is 0 Å². The van der Waals surface area contributed by atoms with Crippen LogP contribution in [0.15, 0.2) is 0 Å². The van der Waals surface area contributed by atoms with Crippen molar-refractivity contribution in [3.63, 3.8) is 0 Å². The number of hydrogen-bond acceptors (Lipinski definition) is 1. The molecule has 76 valence electrons. The fourth-order valence-electron chi connectivity index (χ4n) is 2.41. The van der Waals surface area contributed by atoms with Gasteiger partial charge in [0.25, 0.3) is 0 Å². The van der Waals surface area contributed by atoms with Gasteiger partial charge in [0.05, 0.1) is 0 Å². The second kappa shape index (κ2) is 4.12. The Morgan fingerprint density at radius 2 is 2.23 bits per heavy atom. The molecule has 1 amide bonds. The topological polar surface area (TPSA) is 29.1 Å². The van der Waals surface area contributed by atoms with Gasteiger partial charge in [0.15, 0.2) is 0 Å². The number of hydrogen-bond donors (Lipinski definition) is 1. The van der Waals surface area contributed by atoms with Crippen molar-refractivity contribution in [2.24, 2.45) is 11.3 Å². The highest BCUT2D eigenvalue weighted by Gasteiger charge is 2.33. The maximum absolute atomic E-state index is 10.4. The Balaban J connectivity index is 2.57. The van der Waals surface area contributed by atoms with Crippen LogP contribution in [0.25, 0.3) is 0 Å². The van der Waals surface area contributed by atoms with E-state index in [2.05, 4.69) is 26.1 Å². The number of amides is 1. The molecular formula is C11H21NO. The Hall–Kier alpha value is -0.530. The van der Waals surface area contributed by atoms with Gasteiger partial charge in [0.2, 0.25) is 6.41 Å². The van der Waals surface area contributed by atoms with Crippen molar-refractivity contribution in [1.82, 2.24) is 5.32 Å². The van der Waals surface area contributed by atoms with Crippen LogP contribution < -0.4 is 5.32 Å². The second-order valence-electron chi connectivity index (χ2n) is 4.97. The normalized spacial score (nSPS) is 32.5. The van der Waals surface area contributed by atoms with Crippen LogP contribution >= 0.6 is 0 Å². The van der Waals surface area contributed by atoms with Gasteiger partial charge in [0, 0.05) is 6.04 Å². The summed E-state index contributed by atoms with van der Waals surface area (Å²) in [5.41, 5.74) is 0.409. The summed E-state index contributed by atoms with van der Waals surface area (Å²) in [5, 5.41) is 2.96. The van der Waals surface area contributed by atoms with Crippen LogP contribution in [0.5, 0.6) is 0 Å². The van der Waals surface area contributed by atoms with Crippen molar-refractivity contribution in [2.45, 2.75) is 52.5 Å². The lowest BCUT2D eigenvalue weighted by molar-refractivity contribution is -0.111. The molecule has 0 aromatic heterocycles. The van der Waals surface area contributed by atoms with E-state index in [9.17, 15) is 4.79 Å². The molecule has 0 heterocycles. The third-order valence-corrected chi connectivity index (χ3v) is 3.34. The quantitative estimate of drug-likeness (QED) is 0.668. The average Bonchev–Trinajstić information content (AvgIpc) is 2.04. The van der Waals surface area contributed by atoms with Crippen molar-refractivity contribution in [1.29, 1.82) is 0 Å². The third-order valence-electron chi connectivity index (χ3n) is 3.34. The first-order chi connectivity index (χ1) is 6.09. The largest absolute Gasteiger partial charge is 0.356 e. The Kier molecular flexibility index (Phi) is 3.34. The van der Waals surface area contributed by atoms with Crippen molar-refractivity contribution < 1.29 is 4.79 Å². The van der Waals surface area contributed by atoms with Gasteiger partial charge in [-0.05, 0) is 30.6 Å². The molecule has 2 nitrogen and oxygen atoms in total. The van der Waals surface area contributed by atoms with Gasteiger partial charge in [-0.3, -0.25) is 4.79 Å². The zero-order chi connectivity index (χ0) is 9.90. The Labute approximate surface area is 81.1 Å². The van der Waals surface area contributed by atoms with Gasteiger partial charge in [-0.2, -0.15) is 0 Å². The highest BCUT2D eigenvalue weighted by Crippen LogP contribution is 2.39. The first kappa shape index (κ1) is 10.6. The molecule has 0 radical (unpaired) electrons. The molecule has 1 N–H and O–H groups in total. The van der Waals surface area contributed by atoms with E-state index >= 15 is 0 Å². The molecule has 2 atom stereocenters. The van der Waals surface area contributed by atoms with E-state index in [-0.39, 0.29) is 0 Å². The second-order valence-corrected chi connectivity index (χ2v) is 4.97. The summed E-state index contributed by atoms with van der Waals surface area (Å²) in [6, 6.07) is 0.409. The Bertz CT molecular complexity index is 177. The maximum Gasteiger partial charge on any atom is 0.207 e. The smallest absolute Gasteiger partial charge is 0.207 e. The molecule has 0 saturated heterocycles. The van der Waals surface area contributed by atoms with Crippen LogP contribution in [-0.4, -0.2) is 12.5 Å². The molecule has 2 heteroatoms. The van der Waals surface area contributed by atoms with Crippen molar-refractivity contribution in [2.75, 3.05) is 0 Å². The van der Waals surface area contributed by atoms with Crippen LogP contribution in [0.2, 0.25) is 0 Å². The lowest BCUT2D eigenvalue weighted by Crippen LogP contribution is -2.42. The van der Waals surface area contributed by atoms with Crippen LogP contribution in [0.4, 0.5) is 0 Å². The Morgan fingerprint density at radius 1 is 1.54 bits per heavy atom. The number of nitrogens with one attached hydrogen (secondary N) is 1. The fraction of sp³-hybridized carbons (Fsp3) is 0.909. The minimum atomic E-state index is 0.409. The van der Waals surface area contributed by atoms with Gasteiger partial charge < -0.3 is 5.32 Å². The summed E-state index contributed by atoms with van der Waals surface area (Å²) in [4.78, 5) is 10.4. The first-order valence-corrected chi connectivity index (χ1v) is 5.29. The average molecular weight is 183 g/mol. The van der Waals surface area contributed by atoms with E-state index in [1.54, 1.807) is 0 Å². The summed E-state index contributed by atoms with van der Waals surface area (Å²) >= 11 is 0. The molecule has 0 aromatic rings. The maximum atomic E-state index is 10.4. The van der Waals surface area contributed by atoms with Crippen LogP contribution in [-0.2, 0) is 4.79 Å². The third kappa shape index (κ3) is 2.71. The van der Waals surface area contributed by atoms with Crippen molar-refractivity contribution >= 4 is 6.41 Å². The summed E-state index contributed by atoms with van der Waals surface area (Å²) in [6.07, 6.45) is 5.72. The van der Waals surface area contributed by atoms with Crippen molar-refractivity contribution in [3.05, 3.63) is 0 Å². The molecular weight excluding hydrogens is 162 g/mol. The van der Waals surface area contributed by atoms with E-state index in [0.717, 1.165) is 12.8 Å². The predicted octanol–water partition coefficient (Wildman–Crippen LogP) is 2.34. The number of rotatable bonds is 3. The van der Waals surface area contributed by atoms with Crippen LogP contribution in [0.3, 0.4) is 0 Å². The molecule has 1 aliphatic rings. The zero-order valence-corrected chi connectivity index (χ0v) is 8.97. The van der Waals surface area contributed by atoms with E-state index in [4.69, 9.17) is 0 Å². The molecule has 1 saturated carbocycles. The monoisotopic (exact) mass is 183 g/mol. The molecule has 0 aromatic carbocycles. The van der Waals surface area contributed by atoms with E-state index in [0.29, 0.717) is 17.4 Å². The summed E-state index contributed by atoms with van der Waals surface area (Å²) in [6.45, 7) is 6.79. The highest BCUT2D eigenvalue weighted by molar-refractivity contribution is 5.46. The Morgan fingerprint density at radius 3 is 2.77 bits per heavy atom. The van der Waals surface area contributed by atoms with Gasteiger partial charge >= 0.3 is 0 Å². The summed E-state index contributed by atoms with van der Waals surface area (Å²) in [7, 11) is 0. The highest BCUT2D eigenvalue weighted by atomic mass is 16.1. The molecule has 0 bridgehead atoms. The molecule has 1 aliphatic carbocycles. The SMILES string of the molecule is CCC1CCC(C)(C)CC1NC=O. The van der Waals surface area contributed by atoms with Crippen LogP contribution in [0, 0.1) is 11.3 Å². The first-order valence-electron chi connectivity index (χ1n) is 5.29. The van der Waals surface area contributed by atoms with E-state index in [1.165, 1.54) is 19.3 Å². The lowest BCUT2D eigenvalue weighted by Gasteiger charge is -2.40. The van der Waals surface area contributed by atoms with Gasteiger partial charge in [0.1, 0.15) is 0 Å².